The molecule has 2 aliphatic heterocycles. The highest BCUT2D eigenvalue weighted by Gasteiger charge is 2.33. The van der Waals surface area contributed by atoms with E-state index in [4.69, 9.17) is 9.47 Å². The zero-order valence-corrected chi connectivity index (χ0v) is 15.3. The van der Waals surface area contributed by atoms with Crippen LogP contribution in [0.2, 0.25) is 0 Å². The molecule has 8 heteroatoms. The van der Waals surface area contributed by atoms with Gasteiger partial charge in [-0.3, -0.25) is 9.59 Å². The topological polar surface area (TPSA) is 79.9 Å². The Kier molecular flexibility index (Phi) is 7.00. The van der Waals surface area contributed by atoms with Gasteiger partial charge in [0.05, 0.1) is 31.6 Å². The third-order valence-corrected chi connectivity index (χ3v) is 4.89. The number of benzene rings is 1. The Morgan fingerprint density at radius 3 is 2.74 bits per heavy atom. The van der Waals surface area contributed by atoms with Crippen molar-refractivity contribution in [3.8, 4) is 5.75 Å². The molecule has 2 saturated heterocycles. The minimum atomic E-state index is -0.426. The Hall–Kier alpha value is -2.19. The van der Waals surface area contributed by atoms with E-state index in [0.717, 1.165) is 0 Å². The van der Waals surface area contributed by atoms with E-state index >= 15 is 0 Å². The van der Waals surface area contributed by atoms with E-state index in [0.29, 0.717) is 45.8 Å². The van der Waals surface area contributed by atoms with Gasteiger partial charge in [-0.1, -0.05) is 12.1 Å². The van der Waals surface area contributed by atoms with Crippen molar-refractivity contribution in [2.75, 3.05) is 52.5 Å². The summed E-state index contributed by atoms with van der Waals surface area (Å²) >= 11 is 0. The Balaban J connectivity index is 1.41. The molecule has 0 bridgehead atoms. The molecule has 0 saturated carbocycles. The zero-order chi connectivity index (χ0) is 19.1. The first-order valence-electron chi connectivity index (χ1n) is 9.37. The van der Waals surface area contributed by atoms with E-state index in [1.807, 2.05) is 4.90 Å². The maximum Gasteiger partial charge on any atom is 0.227 e. The summed E-state index contributed by atoms with van der Waals surface area (Å²) in [7, 11) is 0. The highest BCUT2D eigenvalue weighted by Crippen LogP contribution is 2.20. The lowest BCUT2D eigenvalue weighted by Gasteiger charge is -2.34. The molecule has 2 atom stereocenters. The van der Waals surface area contributed by atoms with Crippen LogP contribution in [-0.2, 0) is 14.3 Å². The molecule has 27 heavy (non-hydrogen) atoms. The number of carbonyl (C=O) groups is 2. The van der Waals surface area contributed by atoms with E-state index in [9.17, 15) is 14.0 Å². The molecular weight excluding hydrogens is 353 g/mol. The van der Waals surface area contributed by atoms with Crippen molar-refractivity contribution in [2.45, 2.75) is 6.42 Å². The number of carbonyl (C=O) groups excluding carboxylic acids is 2. The molecule has 0 aromatic heterocycles. The molecule has 2 amide bonds. The van der Waals surface area contributed by atoms with Crippen molar-refractivity contribution in [1.29, 1.82) is 0 Å². The monoisotopic (exact) mass is 379 g/mol. The number of halogens is 1. The van der Waals surface area contributed by atoms with Crippen molar-refractivity contribution in [1.82, 2.24) is 15.5 Å². The van der Waals surface area contributed by atoms with Crippen molar-refractivity contribution < 1.29 is 23.5 Å². The zero-order valence-electron chi connectivity index (χ0n) is 15.3. The minimum Gasteiger partial charge on any atom is -0.489 e. The standard InChI is InChI=1S/C19H26FN3O4/c20-16-3-1-2-4-17(16)27-8-5-22-18(24)14-11-15(13-21-12-14)19(25)23-6-9-26-10-7-23/h1-4,14-15,21H,5-13H2,(H,22,24)/t14-,15+/m1/s1. The van der Waals surface area contributed by atoms with Crippen LogP contribution < -0.4 is 15.4 Å². The van der Waals surface area contributed by atoms with Crippen LogP contribution in [0, 0.1) is 17.7 Å². The molecule has 148 valence electrons. The number of nitrogens with one attached hydrogen (secondary N) is 2. The van der Waals surface area contributed by atoms with Crippen LogP contribution in [0.3, 0.4) is 0 Å². The SMILES string of the molecule is O=C(NCCOc1ccccc1F)[C@H]1CNC[C@@H](C(=O)N2CCOCC2)C1. The van der Waals surface area contributed by atoms with Crippen LogP contribution in [0.15, 0.2) is 24.3 Å². The fourth-order valence-corrected chi connectivity index (χ4v) is 3.41. The van der Waals surface area contributed by atoms with Gasteiger partial charge in [-0.2, -0.15) is 0 Å². The predicted molar refractivity (Wildman–Crippen MR) is 96.8 cm³/mol. The first kappa shape index (κ1) is 19.6. The van der Waals surface area contributed by atoms with Crippen LogP contribution in [-0.4, -0.2) is 69.3 Å². The highest BCUT2D eigenvalue weighted by molar-refractivity contribution is 5.83. The van der Waals surface area contributed by atoms with Gasteiger partial charge >= 0.3 is 0 Å². The lowest BCUT2D eigenvalue weighted by molar-refractivity contribution is -0.141. The van der Waals surface area contributed by atoms with E-state index < -0.39 is 5.82 Å². The molecule has 1 aromatic rings. The molecule has 2 heterocycles. The fourth-order valence-electron chi connectivity index (χ4n) is 3.41. The molecule has 0 radical (unpaired) electrons. The summed E-state index contributed by atoms with van der Waals surface area (Å²) in [5.74, 6) is -0.734. The Bertz CT molecular complexity index is 652. The average Bonchev–Trinajstić information content (AvgIpc) is 2.72. The van der Waals surface area contributed by atoms with Crippen LogP contribution in [0.25, 0.3) is 0 Å². The maximum atomic E-state index is 13.5. The fraction of sp³-hybridized carbons (Fsp3) is 0.579. The number of morpholine rings is 1. The summed E-state index contributed by atoms with van der Waals surface area (Å²) in [6.07, 6.45) is 0.531. The summed E-state index contributed by atoms with van der Waals surface area (Å²) in [6.45, 7) is 3.97. The molecule has 2 aliphatic rings. The summed E-state index contributed by atoms with van der Waals surface area (Å²) in [4.78, 5) is 26.8. The number of hydrogen-bond acceptors (Lipinski definition) is 5. The van der Waals surface area contributed by atoms with E-state index in [1.165, 1.54) is 6.07 Å². The molecule has 7 nitrogen and oxygen atoms in total. The van der Waals surface area contributed by atoms with Crippen molar-refractivity contribution in [2.24, 2.45) is 11.8 Å². The number of nitrogens with zero attached hydrogens (tertiary/aromatic N) is 1. The van der Waals surface area contributed by atoms with Gasteiger partial charge in [0.15, 0.2) is 11.6 Å². The Morgan fingerprint density at radius 2 is 1.96 bits per heavy atom. The largest absolute Gasteiger partial charge is 0.489 e. The normalized spacial score (nSPS) is 22.9. The molecule has 3 rings (SSSR count). The second kappa shape index (κ2) is 9.66. The predicted octanol–water partition coefficient (Wildman–Crippen LogP) is 0.405. The number of para-hydroxylation sites is 1. The minimum absolute atomic E-state index is 0.0891. The van der Waals surface area contributed by atoms with Gasteiger partial charge in [-0.05, 0) is 18.6 Å². The summed E-state index contributed by atoms with van der Waals surface area (Å²) in [5.41, 5.74) is 0. The van der Waals surface area contributed by atoms with Gasteiger partial charge in [-0.25, -0.2) is 4.39 Å². The van der Waals surface area contributed by atoms with Gasteiger partial charge in [0.1, 0.15) is 6.61 Å². The number of rotatable bonds is 6. The van der Waals surface area contributed by atoms with E-state index in [1.54, 1.807) is 18.2 Å². The average molecular weight is 379 g/mol. The second-order valence-corrected chi connectivity index (χ2v) is 6.80. The quantitative estimate of drug-likeness (QED) is 0.700. The van der Waals surface area contributed by atoms with Gasteiger partial charge < -0.3 is 25.0 Å². The second-order valence-electron chi connectivity index (χ2n) is 6.80. The van der Waals surface area contributed by atoms with Crippen LogP contribution in [0.4, 0.5) is 4.39 Å². The van der Waals surface area contributed by atoms with Crippen molar-refractivity contribution in [3.63, 3.8) is 0 Å². The van der Waals surface area contributed by atoms with Gasteiger partial charge in [0, 0.05) is 26.2 Å². The molecule has 0 unspecified atom stereocenters. The van der Waals surface area contributed by atoms with Crippen LogP contribution in [0.5, 0.6) is 5.75 Å². The molecular formula is C19H26FN3O4. The lowest BCUT2D eigenvalue weighted by Crippen LogP contribution is -2.51. The number of ether oxygens (including phenoxy) is 2. The third-order valence-electron chi connectivity index (χ3n) is 4.89. The van der Waals surface area contributed by atoms with Crippen molar-refractivity contribution in [3.05, 3.63) is 30.1 Å². The van der Waals surface area contributed by atoms with Crippen LogP contribution >= 0.6 is 0 Å². The summed E-state index contributed by atoms with van der Waals surface area (Å²) in [6, 6.07) is 6.16. The van der Waals surface area contributed by atoms with Gasteiger partial charge in [0.2, 0.25) is 11.8 Å². The Morgan fingerprint density at radius 1 is 1.22 bits per heavy atom. The maximum absolute atomic E-state index is 13.5. The molecule has 2 fully saturated rings. The Labute approximate surface area is 158 Å². The highest BCUT2D eigenvalue weighted by atomic mass is 19.1. The number of hydrogen-bond donors (Lipinski definition) is 2. The molecule has 1 aromatic carbocycles. The summed E-state index contributed by atoms with van der Waals surface area (Å²) < 4.78 is 24.1. The van der Waals surface area contributed by atoms with E-state index in [2.05, 4.69) is 10.6 Å². The first-order chi connectivity index (χ1) is 13.1. The molecule has 2 N–H and O–H groups in total. The molecule has 0 spiro atoms. The van der Waals surface area contributed by atoms with Gasteiger partial charge in [0.25, 0.3) is 0 Å². The third kappa shape index (κ3) is 5.40. The van der Waals surface area contributed by atoms with Crippen molar-refractivity contribution >= 4 is 11.8 Å². The van der Waals surface area contributed by atoms with Gasteiger partial charge in [-0.15, -0.1) is 0 Å². The van der Waals surface area contributed by atoms with Crippen LogP contribution in [0.1, 0.15) is 6.42 Å². The summed E-state index contributed by atoms with van der Waals surface area (Å²) in [5, 5.41) is 6.00. The number of piperidine rings is 1. The number of amides is 2. The smallest absolute Gasteiger partial charge is 0.227 e. The van der Waals surface area contributed by atoms with E-state index in [-0.39, 0.29) is 42.6 Å². The lowest BCUT2D eigenvalue weighted by atomic mass is 9.88. The molecule has 0 aliphatic carbocycles. The first-order valence-corrected chi connectivity index (χ1v) is 9.37.